The maximum Gasteiger partial charge on any atom is 0.262 e. The molecule has 0 aromatic heterocycles. The number of rotatable bonds is 8. The fourth-order valence-electron chi connectivity index (χ4n) is 3.93. The number of halogens is 1. The van der Waals surface area contributed by atoms with Gasteiger partial charge in [-0.05, 0) is 110 Å². The quantitative estimate of drug-likeness (QED) is 0.256. The Morgan fingerprint density at radius 3 is 1.82 bits per heavy atom. The molecule has 4 aromatic rings. The van der Waals surface area contributed by atoms with Gasteiger partial charge in [-0.15, -0.1) is 0 Å². The lowest BCUT2D eigenvalue weighted by atomic mass is 10.1. The summed E-state index contributed by atoms with van der Waals surface area (Å²) in [6, 6.07) is 20.0. The summed E-state index contributed by atoms with van der Waals surface area (Å²) in [7, 11) is -7.92. The average Bonchev–Trinajstić information content (AvgIpc) is 2.85. The van der Waals surface area contributed by atoms with E-state index in [1.165, 1.54) is 48.5 Å². The third-order valence-electron chi connectivity index (χ3n) is 5.73. The third kappa shape index (κ3) is 6.81. The fraction of sp³-hybridized carbons (Fsp3) is 0.107. The first kappa shape index (κ1) is 27.8. The van der Waals surface area contributed by atoms with Crippen molar-refractivity contribution in [3.63, 3.8) is 0 Å². The standard InChI is InChI=1S/C28H26FN3O5S2/c1-18-14-19(2)16-25(15-18)32-39(36,37)27-17-21(5-4-20(27)3)28(33)30-23-10-12-26(13-11-23)38(34,35)31-24-8-6-22(29)7-9-24/h4-17,31-32H,1-3H3,(H,30,33). The van der Waals surface area contributed by atoms with Crippen molar-refractivity contribution in [1.29, 1.82) is 0 Å². The van der Waals surface area contributed by atoms with Gasteiger partial charge in [0.05, 0.1) is 9.79 Å². The number of sulfonamides is 2. The van der Waals surface area contributed by atoms with Crippen LogP contribution in [0.1, 0.15) is 27.0 Å². The lowest BCUT2D eigenvalue weighted by Crippen LogP contribution is -2.17. The SMILES string of the molecule is Cc1cc(C)cc(NS(=O)(=O)c2cc(C(=O)Nc3ccc(S(=O)(=O)Nc4ccc(F)cc4)cc3)ccc2C)c1. The van der Waals surface area contributed by atoms with Crippen molar-refractivity contribution in [2.75, 3.05) is 14.8 Å². The van der Waals surface area contributed by atoms with Crippen molar-refractivity contribution in [1.82, 2.24) is 0 Å². The summed E-state index contributed by atoms with van der Waals surface area (Å²) in [6.07, 6.45) is 0. The molecule has 0 aliphatic rings. The number of benzene rings is 4. The maximum absolute atomic E-state index is 13.1. The van der Waals surface area contributed by atoms with E-state index in [1.54, 1.807) is 25.1 Å². The molecule has 0 fully saturated rings. The summed E-state index contributed by atoms with van der Waals surface area (Å²) in [5, 5.41) is 2.64. The van der Waals surface area contributed by atoms with E-state index in [-0.39, 0.29) is 21.0 Å². The molecule has 0 heterocycles. The number of anilines is 3. The molecule has 1 amide bonds. The maximum atomic E-state index is 13.1. The van der Waals surface area contributed by atoms with E-state index in [4.69, 9.17) is 0 Å². The Balaban J connectivity index is 1.50. The molecular formula is C28H26FN3O5S2. The third-order valence-corrected chi connectivity index (χ3v) is 8.65. The average molecular weight is 568 g/mol. The van der Waals surface area contributed by atoms with Crippen molar-refractivity contribution >= 4 is 43.0 Å². The van der Waals surface area contributed by atoms with Gasteiger partial charge in [-0.25, -0.2) is 21.2 Å². The Bertz CT molecular complexity index is 1730. The number of amides is 1. The number of hydrogen-bond donors (Lipinski definition) is 3. The first-order valence-electron chi connectivity index (χ1n) is 11.7. The van der Waals surface area contributed by atoms with Crippen LogP contribution in [-0.4, -0.2) is 22.7 Å². The molecule has 4 rings (SSSR count). The molecule has 4 aromatic carbocycles. The van der Waals surface area contributed by atoms with Crippen LogP contribution >= 0.6 is 0 Å². The van der Waals surface area contributed by atoms with Gasteiger partial charge in [0, 0.05) is 22.6 Å². The Hall–Kier alpha value is -4.22. The molecule has 8 nitrogen and oxygen atoms in total. The first-order valence-corrected chi connectivity index (χ1v) is 14.7. The van der Waals surface area contributed by atoms with Gasteiger partial charge in [0.1, 0.15) is 5.82 Å². The zero-order chi connectivity index (χ0) is 28.4. The minimum Gasteiger partial charge on any atom is -0.322 e. The highest BCUT2D eigenvalue weighted by Gasteiger charge is 2.20. The molecule has 0 aliphatic carbocycles. The molecule has 3 N–H and O–H groups in total. The highest BCUT2D eigenvalue weighted by Crippen LogP contribution is 2.24. The molecule has 11 heteroatoms. The molecule has 0 radical (unpaired) electrons. The second-order valence-corrected chi connectivity index (χ2v) is 12.4. The van der Waals surface area contributed by atoms with E-state index in [1.807, 2.05) is 19.9 Å². The van der Waals surface area contributed by atoms with Crippen LogP contribution in [0.2, 0.25) is 0 Å². The predicted molar refractivity (Wildman–Crippen MR) is 150 cm³/mol. The molecule has 0 unspecified atom stereocenters. The molecule has 0 spiro atoms. The normalized spacial score (nSPS) is 11.6. The van der Waals surface area contributed by atoms with Gasteiger partial charge in [-0.1, -0.05) is 12.1 Å². The van der Waals surface area contributed by atoms with E-state index >= 15 is 0 Å². The van der Waals surface area contributed by atoms with Crippen molar-refractivity contribution in [2.24, 2.45) is 0 Å². The number of nitrogens with one attached hydrogen (secondary N) is 3. The predicted octanol–water partition coefficient (Wildman–Crippen LogP) is 5.60. The van der Waals surface area contributed by atoms with Crippen molar-refractivity contribution in [2.45, 2.75) is 30.6 Å². The summed E-state index contributed by atoms with van der Waals surface area (Å²) in [5.74, 6) is -1.06. The Morgan fingerprint density at radius 2 is 1.21 bits per heavy atom. The van der Waals surface area contributed by atoms with Gasteiger partial charge < -0.3 is 5.32 Å². The second kappa shape index (κ2) is 10.9. The number of carbonyl (C=O) groups excluding carboxylic acids is 1. The summed E-state index contributed by atoms with van der Waals surface area (Å²) in [4.78, 5) is 12.8. The van der Waals surface area contributed by atoms with Crippen LogP contribution in [0.4, 0.5) is 21.5 Å². The molecule has 0 saturated carbocycles. The van der Waals surface area contributed by atoms with Crippen LogP contribution in [0, 0.1) is 26.6 Å². The second-order valence-electron chi connectivity index (χ2n) is 9.05. The van der Waals surface area contributed by atoms with E-state index in [0.29, 0.717) is 16.9 Å². The van der Waals surface area contributed by atoms with E-state index in [0.717, 1.165) is 23.3 Å². The minimum atomic E-state index is -3.98. The van der Waals surface area contributed by atoms with E-state index in [2.05, 4.69) is 14.8 Å². The van der Waals surface area contributed by atoms with Crippen LogP contribution in [0.5, 0.6) is 0 Å². The lowest BCUT2D eigenvalue weighted by molar-refractivity contribution is 0.102. The molecular weight excluding hydrogens is 541 g/mol. The van der Waals surface area contributed by atoms with Crippen LogP contribution in [0.15, 0.2) is 94.7 Å². The van der Waals surface area contributed by atoms with Crippen molar-refractivity contribution in [3.05, 3.63) is 113 Å². The largest absolute Gasteiger partial charge is 0.322 e. The fourth-order valence-corrected chi connectivity index (χ4v) is 6.30. The lowest BCUT2D eigenvalue weighted by Gasteiger charge is -2.13. The van der Waals surface area contributed by atoms with Gasteiger partial charge in [-0.3, -0.25) is 14.2 Å². The van der Waals surface area contributed by atoms with Gasteiger partial charge in [0.2, 0.25) is 0 Å². The first-order chi connectivity index (χ1) is 18.3. The van der Waals surface area contributed by atoms with Gasteiger partial charge >= 0.3 is 0 Å². The number of aryl methyl sites for hydroxylation is 3. The molecule has 0 bridgehead atoms. The van der Waals surface area contributed by atoms with Gasteiger partial charge in [0.25, 0.3) is 26.0 Å². The van der Waals surface area contributed by atoms with E-state index in [9.17, 15) is 26.0 Å². The van der Waals surface area contributed by atoms with Gasteiger partial charge in [-0.2, -0.15) is 0 Å². The van der Waals surface area contributed by atoms with Crippen molar-refractivity contribution in [3.8, 4) is 0 Å². The zero-order valence-electron chi connectivity index (χ0n) is 21.3. The number of hydrogen-bond acceptors (Lipinski definition) is 5. The van der Waals surface area contributed by atoms with Crippen LogP contribution < -0.4 is 14.8 Å². The summed E-state index contributed by atoms with van der Waals surface area (Å²) in [5.41, 5.74) is 3.31. The summed E-state index contributed by atoms with van der Waals surface area (Å²) >= 11 is 0. The molecule has 0 aliphatic heterocycles. The monoisotopic (exact) mass is 567 g/mol. The zero-order valence-corrected chi connectivity index (χ0v) is 23.0. The van der Waals surface area contributed by atoms with Gasteiger partial charge in [0.15, 0.2) is 0 Å². The highest BCUT2D eigenvalue weighted by molar-refractivity contribution is 7.93. The highest BCUT2D eigenvalue weighted by atomic mass is 32.2. The smallest absolute Gasteiger partial charge is 0.262 e. The number of carbonyl (C=O) groups is 1. The molecule has 202 valence electrons. The molecule has 0 saturated heterocycles. The van der Waals surface area contributed by atoms with Crippen molar-refractivity contribution < 1.29 is 26.0 Å². The van der Waals surface area contributed by atoms with Crippen LogP contribution in [-0.2, 0) is 20.0 Å². The van der Waals surface area contributed by atoms with Crippen LogP contribution in [0.25, 0.3) is 0 Å². The minimum absolute atomic E-state index is 0.0392. The molecule has 39 heavy (non-hydrogen) atoms. The molecule has 0 atom stereocenters. The Morgan fingerprint density at radius 1 is 0.641 bits per heavy atom. The summed E-state index contributed by atoms with van der Waals surface area (Å²) < 4.78 is 69.5. The van der Waals surface area contributed by atoms with E-state index < -0.39 is 31.8 Å². The summed E-state index contributed by atoms with van der Waals surface area (Å²) in [6.45, 7) is 5.37. The Labute approximate surface area is 227 Å². The van der Waals surface area contributed by atoms with Crippen LogP contribution in [0.3, 0.4) is 0 Å². The topological polar surface area (TPSA) is 121 Å². The Kier molecular flexibility index (Phi) is 7.75.